The molecule has 0 spiro atoms. The van der Waals surface area contributed by atoms with Gasteiger partial charge in [0.25, 0.3) is 11.6 Å². The smallest absolute Gasteiger partial charge is 0.282 e. The van der Waals surface area contributed by atoms with Crippen LogP contribution < -0.4 is 5.32 Å². The molecule has 1 fully saturated rings. The Hall–Kier alpha value is -1.66. The largest absolute Gasteiger partial charge is 0.376 e. The van der Waals surface area contributed by atoms with Crippen LogP contribution in [0.3, 0.4) is 0 Å². The first-order chi connectivity index (χ1) is 9.49. The van der Waals surface area contributed by atoms with Crippen molar-refractivity contribution in [2.75, 3.05) is 6.61 Å². The minimum absolute atomic E-state index is 0.0349. The standard InChI is InChI=1S/C13H15ClN2O4/c1-8(12-3-2-6-20-12)15-13(17)10-7-9(14)4-5-11(10)16(18)19/h4-5,7-8,12H,2-3,6H2,1H3,(H,15,17). The first-order valence-corrected chi connectivity index (χ1v) is 6.73. The van der Waals surface area contributed by atoms with Gasteiger partial charge in [0.2, 0.25) is 0 Å². The normalized spacial score (nSPS) is 19.6. The molecular weight excluding hydrogens is 284 g/mol. The average molecular weight is 299 g/mol. The molecular formula is C13H15ClN2O4. The summed E-state index contributed by atoms with van der Waals surface area (Å²) in [6.45, 7) is 2.51. The monoisotopic (exact) mass is 298 g/mol. The SMILES string of the molecule is CC(NC(=O)c1cc(Cl)ccc1[N+](=O)[O-])C1CCCO1. The van der Waals surface area contributed by atoms with Gasteiger partial charge in [-0.1, -0.05) is 11.6 Å². The Labute approximate surface area is 121 Å². The van der Waals surface area contributed by atoms with E-state index in [0.29, 0.717) is 6.61 Å². The van der Waals surface area contributed by atoms with Gasteiger partial charge in [-0.2, -0.15) is 0 Å². The van der Waals surface area contributed by atoms with Gasteiger partial charge in [-0.3, -0.25) is 14.9 Å². The minimum atomic E-state index is -0.595. The zero-order valence-corrected chi connectivity index (χ0v) is 11.7. The molecule has 1 aromatic rings. The van der Waals surface area contributed by atoms with E-state index < -0.39 is 10.8 Å². The summed E-state index contributed by atoms with van der Waals surface area (Å²) in [5.41, 5.74) is -0.293. The van der Waals surface area contributed by atoms with E-state index in [1.54, 1.807) is 0 Å². The number of nitrogens with zero attached hydrogens (tertiary/aromatic N) is 1. The van der Waals surface area contributed by atoms with E-state index >= 15 is 0 Å². The van der Waals surface area contributed by atoms with Gasteiger partial charge in [-0.15, -0.1) is 0 Å². The van der Waals surface area contributed by atoms with Crippen molar-refractivity contribution < 1.29 is 14.5 Å². The molecule has 0 saturated carbocycles. The highest BCUT2D eigenvalue weighted by atomic mass is 35.5. The Morgan fingerprint density at radius 3 is 2.95 bits per heavy atom. The van der Waals surface area contributed by atoms with Crippen molar-refractivity contribution in [1.29, 1.82) is 0 Å². The molecule has 1 saturated heterocycles. The third-order valence-electron chi connectivity index (χ3n) is 3.28. The van der Waals surface area contributed by atoms with Crippen LogP contribution in [0.25, 0.3) is 0 Å². The van der Waals surface area contributed by atoms with Crippen LogP contribution in [0.15, 0.2) is 18.2 Å². The fourth-order valence-corrected chi connectivity index (χ4v) is 2.40. The Morgan fingerprint density at radius 1 is 1.60 bits per heavy atom. The third-order valence-corrected chi connectivity index (χ3v) is 3.52. The third kappa shape index (κ3) is 3.26. The molecule has 2 rings (SSSR count). The second-order valence-corrected chi connectivity index (χ2v) is 5.17. The number of carbonyl (C=O) groups excluding carboxylic acids is 1. The molecule has 0 radical (unpaired) electrons. The number of nitrogens with one attached hydrogen (secondary N) is 1. The van der Waals surface area contributed by atoms with E-state index in [1.807, 2.05) is 6.92 Å². The Morgan fingerprint density at radius 2 is 2.35 bits per heavy atom. The lowest BCUT2D eigenvalue weighted by Gasteiger charge is -2.19. The van der Waals surface area contributed by atoms with Gasteiger partial charge >= 0.3 is 0 Å². The fraction of sp³-hybridized carbons (Fsp3) is 0.462. The van der Waals surface area contributed by atoms with Crippen molar-refractivity contribution in [3.63, 3.8) is 0 Å². The van der Waals surface area contributed by atoms with Crippen LogP contribution in [0.4, 0.5) is 5.69 Å². The maximum Gasteiger partial charge on any atom is 0.282 e. The first kappa shape index (κ1) is 14.7. The molecule has 1 aliphatic heterocycles. The molecule has 20 heavy (non-hydrogen) atoms. The van der Waals surface area contributed by atoms with E-state index in [4.69, 9.17) is 16.3 Å². The molecule has 1 heterocycles. The van der Waals surface area contributed by atoms with Crippen molar-refractivity contribution in [3.8, 4) is 0 Å². The van der Waals surface area contributed by atoms with Crippen molar-refractivity contribution in [2.24, 2.45) is 0 Å². The lowest BCUT2D eigenvalue weighted by molar-refractivity contribution is -0.385. The fourth-order valence-electron chi connectivity index (χ4n) is 2.22. The van der Waals surface area contributed by atoms with E-state index in [9.17, 15) is 14.9 Å². The van der Waals surface area contributed by atoms with E-state index in [0.717, 1.165) is 12.8 Å². The van der Waals surface area contributed by atoms with E-state index in [1.165, 1.54) is 18.2 Å². The lowest BCUT2D eigenvalue weighted by atomic mass is 10.1. The Kier molecular flexibility index (Phi) is 4.57. The zero-order valence-electron chi connectivity index (χ0n) is 11.0. The summed E-state index contributed by atoms with van der Waals surface area (Å²) >= 11 is 5.80. The first-order valence-electron chi connectivity index (χ1n) is 6.35. The number of benzene rings is 1. The molecule has 1 N–H and O–H groups in total. The number of ether oxygens (including phenoxy) is 1. The van der Waals surface area contributed by atoms with Crippen molar-refractivity contribution in [2.45, 2.75) is 31.9 Å². The number of nitro groups is 1. The van der Waals surface area contributed by atoms with Crippen LogP contribution in [0.1, 0.15) is 30.1 Å². The van der Waals surface area contributed by atoms with Gasteiger partial charge in [-0.25, -0.2) is 0 Å². The summed E-state index contributed by atoms with van der Waals surface area (Å²) in [5, 5.41) is 14.0. The van der Waals surface area contributed by atoms with Crippen LogP contribution in [-0.2, 0) is 4.74 Å². The summed E-state index contributed by atoms with van der Waals surface area (Å²) < 4.78 is 5.48. The molecule has 0 aliphatic carbocycles. The lowest BCUT2D eigenvalue weighted by Crippen LogP contribution is -2.41. The van der Waals surface area contributed by atoms with Crippen molar-refractivity contribution in [1.82, 2.24) is 5.32 Å². The second-order valence-electron chi connectivity index (χ2n) is 4.73. The number of rotatable bonds is 4. The van der Waals surface area contributed by atoms with Crippen LogP contribution in [-0.4, -0.2) is 29.6 Å². The molecule has 7 heteroatoms. The van der Waals surface area contributed by atoms with Crippen molar-refractivity contribution >= 4 is 23.2 Å². The van der Waals surface area contributed by atoms with Gasteiger partial charge < -0.3 is 10.1 Å². The molecule has 2 unspecified atom stereocenters. The molecule has 1 aromatic carbocycles. The van der Waals surface area contributed by atoms with Crippen LogP contribution in [0, 0.1) is 10.1 Å². The van der Waals surface area contributed by atoms with Gasteiger partial charge in [0, 0.05) is 17.7 Å². The van der Waals surface area contributed by atoms with Gasteiger partial charge in [0.1, 0.15) is 5.56 Å². The highest BCUT2D eigenvalue weighted by molar-refractivity contribution is 6.31. The number of carbonyl (C=O) groups is 1. The molecule has 0 bridgehead atoms. The second kappa shape index (κ2) is 6.19. The number of amides is 1. The molecule has 6 nitrogen and oxygen atoms in total. The van der Waals surface area contributed by atoms with Crippen LogP contribution in [0.5, 0.6) is 0 Å². The molecule has 0 aromatic heterocycles. The van der Waals surface area contributed by atoms with E-state index in [-0.39, 0.29) is 28.4 Å². The topological polar surface area (TPSA) is 81.5 Å². The summed E-state index contributed by atoms with van der Waals surface area (Å²) in [6, 6.07) is 3.72. The van der Waals surface area contributed by atoms with Crippen molar-refractivity contribution in [3.05, 3.63) is 38.9 Å². The number of hydrogen-bond acceptors (Lipinski definition) is 4. The zero-order chi connectivity index (χ0) is 14.7. The Bertz CT molecular complexity index is 529. The predicted octanol–water partition coefficient (Wildman–Crippen LogP) is 2.55. The van der Waals surface area contributed by atoms with Gasteiger partial charge in [0.05, 0.1) is 17.1 Å². The Balaban J connectivity index is 2.15. The average Bonchev–Trinajstić information content (AvgIpc) is 2.92. The van der Waals surface area contributed by atoms with Gasteiger partial charge in [-0.05, 0) is 31.9 Å². The maximum atomic E-state index is 12.2. The quantitative estimate of drug-likeness (QED) is 0.684. The summed E-state index contributed by atoms with van der Waals surface area (Å²) in [5.74, 6) is -0.512. The molecule has 2 atom stereocenters. The van der Waals surface area contributed by atoms with Crippen LogP contribution in [0.2, 0.25) is 5.02 Å². The molecule has 1 aliphatic rings. The van der Waals surface area contributed by atoms with Gasteiger partial charge in [0.15, 0.2) is 0 Å². The van der Waals surface area contributed by atoms with E-state index in [2.05, 4.69) is 5.32 Å². The summed E-state index contributed by atoms with van der Waals surface area (Å²) in [7, 11) is 0. The van der Waals surface area contributed by atoms with Crippen LogP contribution >= 0.6 is 11.6 Å². The predicted molar refractivity (Wildman–Crippen MR) is 74.0 cm³/mol. The maximum absolute atomic E-state index is 12.2. The molecule has 108 valence electrons. The molecule has 1 amide bonds. The highest BCUT2D eigenvalue weighted by Gasteiger charge is 2.27. The number of nitro benzene ring substituents is 1. The summed E-state index contributed by atoms with van der Waals surface area (Å²) in [6.07, 6.45) is 1.79. The highest BCUT2D eigenvalue weighted by Crippen LogP contribution is 2.23. The number of hydrogen-bond donors (Lipinski definition) is 1. The summed E-state index contributed by atoms with van der Waals surface area (Å²) in [4.78, 5) is 22.5. The minimum Gasteiger partial charge on any atom is -0.376 e. The number of halogens is 1.